The first-order valence-electron chi connectivity index (χ1n) is 8.23. The Morgan fingerprint density at radius 3 is 2.74 bits per heavy atom. The molecule has 0 radical (unpaired) electrons. The number of benzene rings is 2. The molecule has 0 saturated heterocycles. The first kappa shape index (κ1) is 18.3. The van der Waals surface area contributed by atoms with E-state index in [0.717, 1.165) is 11.3 Å². The summed E-state index contributed by atoms with van der Waals surface area (Å²) in [6, 6.07) is 12.7. The highest BCUT2D eigenvalue weighted by Crippen LogP contribution is 2.20. The number of carbonyl (C=O) groups excluding carboxylic acids is 1. The second kappa shape index (κ2) is 8.27. The Hall–Kier alpha value is -3.48. The van der Waals surface area contributed by atoms with Gasteiger partial charge in [0.25, 0.3) is 5.91 Å². The van der Waals surface area contributed by atoms with Gasteiger partial charge in [-0.3, -0.25) is 4.79 Å². The van der Waals surface area contributed by atoms with E-state index in [1.165, 1.54) is 23.1 Å². The predicted molar refractivity (Wildman–Crippen MR) is 97.6 cm³/mol. The zero-order chi connectivity index (χ0) is 19.2. The number of hydrogen-bond acceptors (Lipinski definition) is 5. The molecule has 27 heavy (non-hydrogen) atoms. The smallest absolute Gasteiger partial charge is 0.254 e. The summed E-state index contributed by atoms with van der Waals surface area (Å²) in [6.07, 6.45) is 1.58. The number of aromatic nitrogens is 2. The van der Waals surface area contributed by atoms with Gasteiger partial charge in [-0.1, -0.05) is 17.3 Å². The average molecular weight is 367 g/mol. The van der Waals surface area contributed by atoms with Crippen molar-refractivity contribution >= 4 is 5.91 Å². The third-order valence-electron chi connectivity index (χ3n) is 3.85. The molecule has 0 bridgehead atoms. The molecule has 0 N–H and O–H groups in total. The van der Waals surface area contributed by atoms with E-state index in [9.17, 15) is 9.18 Å². The second-order valence-electron chi connectivity index (χ2n) is 5.72. The van der Waals surface area contributed by atoms with Crippen LogP contribution >= 0.6 is 0 Å². The van der Waals surface area contributed by atoms with Crippen molar-refractivity contribution in [2.45, 2.75) is 6.54 Å². The minimum atomic E-state index is -0.473. The van der Waals surface area contributed by atoms with Gasteiger partial charge in [-0.15, -0.1) is 6.58 Å². The van der Waals surface area contributed by atoms with Crippen LogP contribution < -0.4 is 4.74 Å². The molecule has 0 saturated carbocycles. The van der Waals surface area contributed by atoms with Gasteiger partial charge in [-0.05, 0) is 42.5 Å². The van der Waals surface area contributed by atoms with Crippen LogP contribution in [0.25, 0.3) is 11.4 Å². The standard InChI is InChI=1S/C20H18FN3O3/c1-3-11-24(20(25)15-5-4-6-16(21)12-15)13-18-22-19(23-27-18)14-7-9-17(26-2)10-8-14/h3-10,12H,1,11,13H2,2H3. The molecule has 2 aromatic carbocycles. The van der Waals surface area contributed by atoms with E-state index in [1.54, 1.807) is 31.4 Å². The molecule has 7 heteroatoms. The normalized spacial score (nSPS) is 10.4. The van der Waals surface area contributed by atoms with Gasteiger partial charge in [-0.2, -0.15) is 4.98 Å². The molecule has 1 heterocycles. The van der Waals surface area contributed by atoms with Crippen molar-refractivity contribution < 1.29 is 18.4 Å². The van der Waals surface area contributed by atoms with Crippen molar-refractivity contribution in [1.82, 2.24) is 15.0 Å². The van der Waals surface area contributed by atoms with E-state index in [0.29, 0.717) is 5.82 Å². The Morgan fingerprint density at radius 2 is 2.07 bits per heavy atom. The number of hydrogen-bond donors (Lipinski definition) is 0. The molecule has 1 aromatic heterocycles. The van der Waals surface area contributed by atoms with Gasteiger partial charge in [-0.25, -0.2) is 4.39 Å². The maximum atomic E-state index is 13.4. The van der Waals surface area contributed by atoms with Crippen LogP contribution in [0, 0.1) is 5.82 Å². The SMILES string of the molecule is C=CCN(Cc1nc(-c2ccc(OC)cc2)no1)C(=O)c1cccc(F)c1. The van der Waals surface area contributed by atoms with Gasteiger partial charge in [0, 0.05) is 17.7 Å². The van der Waals surface area contributed by atoms with E-state index >= 15 is 0 Å². The number of methoxy groups -OCH3 is 1. The van der Waals surface area contributed by atoms with Crippen LogP contribution in [0.15, 0.2) is 65.7 Å². The molecule has 3 rings (SSSR count). The lowest BCUT2D eigenvalue weighted by Gasteiger charge is -2.19. The van der Waals surface area contributed by atoms with Crippen molar-refractivity contribution in [3.8, 4) is 17.1 Å². The van der Waals surface area contributed by atoms with E-state index < -0.39 is 5.82 Å². The summed E-state index contributed by atoms with van der Waals surface area (Å²) < 4.78 is 23.8. The zero-order valence-corrected chi connectivity index (χ0v) is 14.8. The molecule has 3 aromatic rings. The lowest BCUT2D eigenvalue weighted by atomic mass is 10.2. The van der Waals surface area contributed by atoms with Gasteiger partial charge < -0.3 is 14.2 Å². The van der Waals surface area contributed by atoms with Crippen LogP contribution in [0.4, 0.5) is 4.39 Å². The summed E-state index contributed by atoms with van der Waals surface area (Å²) in [4.78, 5) is 18.4. The van der Waals surface area contributed by atoms with Crippen molar-refractivity contribution in [3.63, 3.8) is 0 Å². The first-order valence-corrected chi connectivity index (χ1v) is 8.23. The molecular formula is C20H18FN3O3. The van der Waals surface area contributed by atoms with Crippen molar-refractivity contribution in [1.29, 1.82) is 0 Å². The maximum Gasteiger partial charge on any atom is 0.254 e. The highest BCUT2D eigenvalue weighted by atomic mass is 19.1. The molecule has 0 aliphatic heterocycles. The number of amides is 1. The monoisotopic (exact) mass is 367 g/mol. The molecule has 0 atom stereocenters. The fourth-order valence-electron chi connectivity index (χ4n) is 2.52. The molecule has 0 spiro atoms. The van der Waals surface area contributed by atoms with Gasteiger partial charge in [0.2, 0.25) is 11.7 Å². The second-order valence-corrected chi connectivity index (χ2v) is 5.72. The van der Waals surface area contributed by atoms with Crippen LogP contribution in [0.2, 0.25) is 0 Å². The first-order chi connectivity index (χ1) is 13.1. The fourth-order valence-corrected chi connectivity index (χ4v) is 2.52. The number of carbonyl (C=O) groups is 1. The molecule has 138 valence electrons. The third kappa shape index (κ3) is 4.38. The summed E-state index contributed by atoms with van der Waals surface area (Å²) in [7, 11) is 1.59. The topological polar surface area (TPSA) is 68.5 Å². The molecule has 0 aliphatic carbocycles. The van der Waals surface area contributed by atoms with Crippen LogP contribution in [-0.4, -0.2) is 34.6 Å². The Bertz CT molecular complexity index is 938. The van der Waals surface area contributed by atoms with E-state index in [4.69, 9.17) is 9.26 Å². The fraction of sp³-hybridized carbons (Fsp3) is 0.150. The lowest BCUT2D eigenvalue weighted by molar-refractivity contribution is 0.0745. The molecular weight excluding hydrogens is 349 g/mol. The molecule has 1 amide bonds. The lowest BCUT2D eigenvalue weighted by Crippen LogP contribution is -2.30. The van der Waals surface area contributed by atoms with E-state index in [1.807, 2.05) is 12.1 Å². The quantitative estimate of drug-likeness (QED) is 0.596. The summed E-state index contributed by atoms with van der Waals surface area (Å²) in [5.74, 6) is 0.578. The predicted octanol–water partition coefficient (Wildman–Crippen LogP) is 3.71. The van der Waals surface area contributed by atoms with Crippen LogP contribution in [-0.2, 0) is 6.54 Å². The highest BCUT2D eigenvalue weighted by Gasteiger charge is 2.19. The minimum Gasteiger partial charge on any atom is -0.497 e. The Labute approximate surface area is 155 Å². The Balaban J connectivity index is 1.77. The average Bonchev–Trinajstić information content (AvgIpc) is 3.16. The van der Waals surface area contributed by atoms with Gasteiger partial charge in [0.05, 0.1) is 7.11 Å². The molecule has 0 unspecified atom stereocenters. The summed E-state index contributed by atoms with van der Waals surface area (Å²) in [6.45, 7) is 4.01. The summed E-state index contributed by atoms with van der Waals surface area (Å²) in [5.41, 5.74) is 1.00. The van der Waals surface area contributed by atoms with Crippen LogP contribution in [0.1, 0.15) is 16.2 Å². The number of ether oxygens (including phenoxy) is 1. The van der Waals surface area contributed by atoms with Gasteiger partial charge in [0.15, 0.2) is 0 Å². The number of halogens is 1. The van der Waals surface area contributed by atoms with Crippen LogP contribution in [0.5, 0.6) is 5.75 Å². The minimum absolute atomic E-state index is 0.0878. The van der Waals surface area contributed by atoms with E-state index in [-0.39, 0.29) is 30.5 Å². The largest absolute Gasteiger partial charge is 0.497 e. The van der Waals surface area contributed by atoms with Crippen molar-refractivity contribution in [2.24, 2.45) is 0 Å². The van der Waals surface area contributed by atoms with Crippen LogP contribution in [0.3, 0.4) is 0 Å². The van der Waals surface area contributed by atoms with Crippen molar-refractivity contribution in [2.75, 3.05) is 13.7 Å². The maximum absolute atomic E-state index is 13.4. The Morgan fingerprint density at radius 1 is 1.30 bits per heavy atom. The summed E-state index contributed by atoms with van der Waals surface area (Å²) in [5, 5.41) is 3.95. The zero-order valence-electron chi connectivity index (χ0n) is 14.8. The molecule has 0 fully saturated rings. The van der Waals surface area contributed by atoms with Gasteiger partial charge in [0.1, 0.15) is 18.1 Å². The molecule has 6 nitrogen and oxygen atoms in total. The van der Waals surface area contributed by atoms with Crippen molar-refractivity contribution in [3.05, 3.63) is 78.5 Å². The molecule has 0 aliphatic rings. The number of rotatable bonds is 7. The highest BCUT2D eigenvalue weighted by molar-refractivity contribution is 5.94. The van der Waals surface area contributed by atoms with Gasteiger partial charge >= 0.3 is 0 Å². The number of nitrogens with zero attached hydrogens (tertiary/aromatic N) is 3. The third-order valence-corrected chi connectivity index (χ3v) is 3.85. The summed E-state index contributed by atoms with van der Waals surface area (Å²) >= 11 is 0. The van der Waals surface area contributed by atoms with E-state index in [2.05, 4.69) is 16.7 Å². The Kier molecular flexibility index (Phi) is 5.61.